The van der Waals surface area contributed by atoms with Crippen molar-refractivity contribution < 1.29 is 18.3 Å². The zero-order valence-corrected chi connectivity index (χ0v) is 11.3. The molecule has 6 heteroatoms. The molecule has 5 nitrogen and oxygen atoms in total. The maximum Gasteiger partial charge on any atom is 0.307 e. The minimum Gasteiger partial charge on any atom is -0.481 e. The number of rotatable bonds is 3. The molecule has 1 fully saturated rings. The zero-order valence-electron chi connectivity index (χ0n) is 10.5. The Labute approximate surface area is 108 Å². The fourth-order valence-corrected chi connectivity index (χ4v) is 5.11. The summed E-state index contributed by atoms with van der Waals surface area (Å²) in [5.41, 5.74) is 1.04. The van der Waals surface area contributed by atoms with Crippen molar-refractivity contribution in [2.24, 2.45) is 5.92 Å². The van der Waals surface area contributed by atoms with Gasteiger partial charge in [0.15, 0.2) is 0 Å². The van der Waals surface area contributed by atoms with E-state index in [-0.39, 0.29) is 0 Å². The van der Waals surface area contributed by atoms with Crippen LogP contribution in [0.4, 0.5) is 0 Å². The smallest absolute Gasteiger partial charge is 0.307 e. The van der Waals surface area contributed by atoms with Crippen molar-refractivity contribution in [1.82, 2.24) is 4.31 Å². The van der Waals surface area contributed by atoms with E-state index < -0.39 is 27.2 Å². The van der Waals surface area contributed by atoms with Crippen LogP contribution in [0.25, 0.3) is 0 Å². The molecule has 0 aromatic rings. The Bertz CT molecular complexity index is 468. The molecule has 0 amide bonds. The third-order valence-electron chi connectivity index (χ3n) is 3.81. The molecule has 2 atom stereocenters. The van der Waals surface area contributed by atoms with E-state index in [1.54, 1.807) is 0 Å². The number of hydrogen-bond acceptors (Lipinski definition) is 3. The molecule has 1 aliphatic carbocycles. The number of aliphatic carboxylic acids is 1. The number of carboxylic acid groups (broad SMARTS) is 1. The van der Waals surface area contributed by atoms with Gasteiger partial charge in [0.05, 0.1) is 11.2 Å². The monoisotopic (exact) mass is 273 g/mol. The highest BCUT2D eigenvalue weighted by Gasteiger charge is 2.44. The van der Waals surface area contributed by atoms with E-state index in [4.69, 9.17) is 5.11 Å². The van der Waals surface area contributed by atoms with Gasteiger partial charge in [0.1, 0.15) is 0 Å². The van der Waals surface area contributed by atoms with E-state index in [0.29, 0.717) is 32.4 Å². The highest BCUT2D eigenvalue weighted by Crippen LogP contribution is 2.34. The molecule has 0 radical (unpaired) electrons. The largest absolute Gasteiger partial charge is 0.481 e. The van der Waals surface area contributed by atoms with E-state index in [0.717, 1.165) is 12.0 Å². The van der Waals surface area contributed by atoms with Crippen molar-refractivity contribution in [1.29, 1.82) is 0 Å². The first-order valence-corrected chi connectivity index (χ1v) is 7.80. The molecule has 2 rings (SSSR count). The average molecular weight is 273 g/mol. The molecule has 2 unspecified atom stereocenters. The molecule has 0 aromatic heterocycles. The van der Waals surface area contributed by atoms with Crippen molar-refractivity contribution in [3.63, 3.8) is 0 Å². The lowest BCUT2D eigenvalue weighted by molar-refractivity contribution is -0.141. The van der Waals surface area contributed by atoms with E-state index in [2.05, 4.69) is 0 Å². The summed E-state index contributed by atoms with van der Waals surface area (Å²) in [4.78, 5) is 11.1. The van der Waals surface area contributed by atoms with Gasteiger partial charge in [-0.3, -0.25) is 4.79 Å². The summed E-state index contributed by atoms with van der Waals surface area (Å²) in [5, 5.41) is 8.37. The topological polar surface area (TPSA) is 74.7 Å². The standard InChI is InChI=1S/C12H19NO4S/c1-9-4-3-7-13(8-9)18(16,17)11-6-2-5-10(11)12(14)15/h4,10-11H,2-3,5-8H2,1H3,(H,14,15). The minimum atomic E-state index is -3.48. The number of sulfonamides is 1. The van der Waals surface area contributed by atoms with Crippen molar-refractivity contribution in [2.75, 3.05) is 13.1 Å². The van der Waals surface area contributed by atoms with Crippen LogP contribution in [-0.2, 0) is 14.8 Å². The molecular formula is C12H19NO4S. The van der Waals surface area contributed by atoms with Gasteiger partial charge >= 0.3 is 5.97 Å². The first-order valence-electron chi connectivity index (χ1n) is 6.30. The van der Waals surface area contributed by atoms with Crippen LogP contribution in [0.1, 0.15) is 32.6 Å². The third-order valence-corrected chi connectivity index (χ3v) is 6.17. The van der Waals surface area contributed by atoms with Gasteiger partial charge in [-0.1, -0.05) is 18.1 Å². The molecule has 18 heavy (non-hydrogen) atoms. The molecule has 2 aliphatic rings. The SMILES string of the molecule is CC1=CCCN(S(=O)(=O)C2CCCC2C(=O)O)C1. The lowest BCUT2D eigenvalue weighted by Gasteiger charge is -2.29. The maximum absolute atomic E-state index is 12.5. The van der Waals surface area contributed by atoms with Crippen LogP contribution in [0.5, 0.6) is 0 Å². The highest BCUT2D eigenvalue weighted by molar-refractivity contribution is 7.89. The summed E-state index contributed by atoms with van der Waals surface area (Å²) >= 11 is 0. The molecule has 0 aromatic carbocycles. The van der Waals surface area contributed by atoms with Crippen molar-refractivity contribution in [3.05, 3.63) is 11.6 Å². The van der Waals surface area contributed by atoms with Gasteiger partial charge in [0.2, 0.25) is 10.0 Å². The Morgan fingerprint density at radius 1 is 1.44 bits per heavy atom. The summed E-state index contributed by atoms with van der Waals surface area (Å²) < 4.78 is 26.4. The second-order valence-electron chi connectivity index (χ2n) is 5.13. The van der Waals surface area contributed by atoms with Gasteiger partial charge in [-0.2, -0.15) is 4.31 Å². The number of carbonyl (C=O) groups is 1. The summed E-state index contributed by atoms with van der Waals surface area (Å²) in [6.45, 7) is 2.79. The Kier molecular flexibility index (Phi) is 3.77. The van der Waals surface area contributed by atoms with Crippen LogP contribution >= 0.6 is 0 Å². The predicted octanol–water partition coefficient (Wildman–Crippen LogP) is 1.22. The molecule has 0 bridgehead atoms. The normalized spacial score (nSPS) is 30.2. The molecular weight excluding hydrogens is 254 g/mol. The van der Waals surface area contributed by atoms with Crippen LogP contribution in [0.2, 0.25) is 0 Å². The van der Waals surface area contributed by atoms with Crippen LogP contribution in [0, 0.1) is 5.92 Å². The molecule has 1 N–H and O–H groups in total. The highest BCUT2D eigenvalue weighted by atomic mass is 32.2. The average Bonchev–Trinajstić information content (AvgIpc) is 2.78. The van der Waals surface area contributed by atoms with Crippen molar-refractivity contribution in [3.8, 4) is 0 Å². The van der Waals surface area contributed by atoms with Crippen molar-refractivity contribution in [2.45, 2.75) is 37.9 Å². The van der Waals surface area contributed by atoms with E-state index >= 15 is 0 Å². The Morgan fingerprint density at radius 2 is 2.17 bits per heavy atom. The van der Waals surface area contributed by atoms with Gasteiger partial charge in [-0.25, -0.2) is 8.42 Å². The maximum atomic E-state index is 12.5. The first-order chi connectivity index (χ1) is 8.43. The predicted molar refractivity (Wildman–Crippen MR) is 67.6 cm³/mol. The second kappa shape index (κ2) is 5.01. The number of carboxylic acids is 1. The van der Waals surface area contributed by atoms with Crippen LogP contribution < -0.4 is 0 Å². The van der Waals surface area contributed by atoms with Gasteiger partial charge in [0.25, 0.3) is 0 Å². The lowest BCUT2D eigenvalue weighted by atomic mass is 10.1. The molecule has 0 saturated heterocycles. The Morgan fingerprint density at radius 3 is 2.78 bits per heavy atom. The van der Waals surface area contributed by atoms with Gasteiger partial charge in [-0.05, 0) is 26.2 Å². The van der Waals surface area contributed by atoms with Gasteiger partial charge in [0, 0.05) is 13.1 Å². The molecule has 1 aliphatic heterocycles. The fourth-order valence-electron chi connectivity index (χ4n) is 2.85. The van der Waals surface area contributed by atoms with Gasteiger partial charge in [-0.15, -0.1) is 0 Å². The lowest BCUT2D eigenvalue weighted by Crippen LogP contribution is -2.44. The third kappa shape index (κ3) is 2.44. The Balaban J connectivity index is 2.20. The molecule has 1 heterocycles. The van der Waals surface area contributed by atoms with Crippen molar-refractivity contribution >= 4 is 16.0 Å². The molecule has 102 valence electrons. The van der Waals surface area contributed by atoms with Crippen LogP contribution in [0.3, 0.4) is 0 Å². The fraction of sp³-hybridized carbons (Fsp3) is 0.750. The summed E-state index contributed by atoms with van der Waals surface area (Å²) in [6, 6.07) is 0. The molecule has 0 spiro atoms. The molecule has 1 saturated carbocycles. The second-order valence-corrected chi connectivity index (χ2v) is 7.28. The van der Waals surface area contributed by atoms with E-state index in [9.17, 15) is 13.2 Å². The summed E-state index contributed by atoms with van der Waals surface area (Å²) in [7, 11) is -3.48. The Hall–Kier alpha value is -0.880. The first kappa shape index (κ1) is 13.5. The summed E-state index contributed by atoms with van der Waals surface area (Å²) in [6.07, 6.45) is 4.38. The minimum absolute atomic E-state index is 0.408. The van der Waals surface area contributed by atoms with Gasteiger partial charge < -0.3 is 5.11 Å². The zero-order chi connectivity index (χ0) is 13.3. The van der Waals surface area contributed by atoms with Crippen LogP contribution in [0.15, 0.2) is 11.6 Å². The van der Waals surface area contributed by atoms with E-state index in [1.807, 2.05) is 13.0 Å². The number of hydrogen-bond donors (Lipinski definition) is 1. The summed E-state index contributed by atoms with van der Waals surface area (Å²) in [5.74, 6) is -1.72. The van der Waals surface area contributed by atoms with Crippen LogP contribution in [-0.4, -0.2) is 42.1 Å². The number of nitrogens with zero attached hydrogens (tertiary/aromatic N) is 1. The van der Waals surface area contributed by atoms with E-state index in [1.165, 1.54) is 4.31 Å². The quantitative estimate of drug-likeness (QED) is 0.785.